The number of aryl methyl sites for hydroxylation is 2. The van der Waals surface area contributed by atoms with Crippen molar-refractivity contribution in [3.63, 3.8) is 0 Å². The number of nitrogens with zero attached hydrogens (tertiary/aromatic N) is 4. The predicted octanol–water partition coefficient (Wildman–Crippen LogP) is 2.47. The Labute approximate surface area is 175 Å². The van der Waals surface area contributed by atoms with E-state index in [-0.39, 0.29) is 11.3 Å². The van der Waals surface area contributed by atoms with Crippen LogP contribution in [0.1, 0.15) is 40.9 Å². The molecule has 1 aliphatic heterocycles. The van der Waals surface area contributed by atoms with Crippen LogP contribution < -0.4 is 5.32 Å². The number of aromatic nitrogens is 4. The van der Waals surface area contributed by atoms with Crippen LogP contribution in [0.15, 0.2) is 24.4 Å². The number of anilines is 1. The summed E-state index contributed by atoms with van der Waals surface area (Å²) in [5.41, 5.74) is 5.11. The first kappa shape index (κ1) is 19.1. The molecule has 1 atom stereocenters. The topological polar surface area (TPSA) is 88.1 Å². The zero-order valence-corrected chi connectivity index (χ0v) is 17.6. The van der Waals surface area contributed by atoms with Gasteiger partial charge in [0, 0.05) is 50.5 Å². The van der Waals surface area contributed by atoms with Gasteiger partial charge in [0.05, 0.1) is 23.8 Å². The molecule has 2 N–H and O–H groups in total. The number of likely N-dealkylation sites (tertiary alicyclic amines) is 1. The number of nitrogens with one attached hydrogen (secondary N) is 2. The molecule has 5 rings (SSSR count). The fraction of sp³-hybridized carbons (Fsp3) is 0.500. The molecule has 2 aromatic heterocycles. The lowest BCUT2D eigenvalue weighted by Crippen LogP contribution is -2.47. The summed E-state index contributed by atoms with van der Waals surface area (Å²) in [5.74, 6) is 0.866. The van der Waals surface area contributed by atoms with Crippen molar-refractivity contribution in [2.45, 2.75) is 31.1 Å². The lowest BCUT2D eigenvalue weighted by Gasteiger charge is -2.40. The van der Waals surface area contributed by atoms with E-state index in [4.69, 9.17) is 4.74 Å². The second-order valence-corrected chi connectivity index (χ2v) is 8.50. The molecule has 8 heteroatoms. The van der Waals surface area contributed by atoms with Gasteiger partial charge in [0.1, 0.15) is 0 Å². The summed E-state index contributed by atoms with van der Waals surface area (Å²) in [4.78, 5) is 20.1. The van der Waals surface area contributed by atoms with Gasteiger partial charge in [-0.15, -0.1) is 0 Å². The SMILES string of the molecule is COCCNc1nc2cc(C(=O)N3CCCC4(CCc5cn[nH]c54)C3)ccc2n1C. The van der Waals surface area contributed by atoms with E-state index >= 15 is 0 Å². The molecule has 0 bridgehead atoms. The van der Waals surface area contributed by atoms with E-state index in [2.05, 4.69) is 20.5 Å². The molecule has 158 valence electrons. The number of methoxy groups -OCH3 is 1. The van der Waals surface area contributed by atoms with E-state index < -0.39 is 0 Å². The Kier molecular flexibility index (Phi) is 4.73. The molecular weight excluding hydrogens is 380 g/mol. The van der Waals surface area contributed by atoms with Crippen LogP contribution in [0.3, 0.4) is 0 Å². The number of H-pyrrole nitrogens is 1. The van der Waals surface area contributed by atoms with E-state index in [0.717, 1.165) is 55.8 Å². The average Bonchev–Trinajstić information content (AvgIpc) is 3.45. The molecule has 2 aliphatic rings. The van der Waals surface area contributed by atoms with Crippen LogP contribution in [0.5, 0.6) is 0 Å². The predicted molar refractivity (Wildman–Crippen MR) is 115 cm³/mol. The third kappa shape index (κ3) is 3.06. The first-order valence-corrected chi connectivity index (χ1v) is 10.6. The number of ether oxygens (including phenoxy) is 1. The first-order valence-electron chi connectivity index (χ1n) is 10.6. The maximum Gasteiger partial charge on any atom is 0.253 e. The van der Waals surface area contributed by atoms with Gasteiger partial charge in [-0.25, -0.2) is 4.98 Å². The zero-order valence-electron chi connectivity index (χ0n) is 17.6. The fourth-order valence-electron chi connectivity index (χ4n) is 5.11. The number of hydrogen-bond acceptors (Lipinski definition) is 5. The molecule has 8 nitrogen and oxygen atoms in total. The van der Waals surface area contributed by atoms with Crippen molar-refractivity contribution in [1.82, 2.24) is 24.6 Å². The summed E-state index contributed by atoms with van der Waals surface area (Å²) in [7, 11) is 3.65. The number of carbonyl (C=O) groups is 1. The van der Waals surface area contributed by atoms with Gasteiger partial charge in [-0.2, -0.15) is 5.10 Å². The minimum atomic E-state index is 0.0350. The molecule has 3 heterocycles. The third-order valence-corrected chi connectivity index (χ3v) is 6.70. The van der Waals surface area contributed by atoms with Crippen LogP contribution in [0.2, 0.25) is 0 Å². The number of rotatable bonds is 5. The van der Waals surface area contributed by atoms with Crippen molar-refractivity contribution in [3.05, 3.63) is 41.2 Å². The molecule has 30 heavy (non-hydrogen) atoms. The number of amides is 1. The molecule has 1 amide bonds. The van der Waals surface area contributed by atoms with E-state index in [0.29, 0.717) is 18.7 Å². The minimum absolute atomic E-state index is 0.0350. The largest absolute Gasteiger partial charge is 0.383 e. The molecule has 0 saturated carbocycles. The Morgan fingerprint density at radius 1 is 1.37 bits per heavy atom. The van der Waals surface area contributed by atoms with Crippen molar-refractivity contribution < 1.29 is 9.53 Å². The van der Waals surface area contributed by atoms with Gasteiger partial charge in [-0.3, -0.25) is 9.89 Å². The molecular formula is C22H28N6O2. The van der Waals surface area contributed by atoms with Crippen LogP contribution in [0, 0.1) is 0 Å². The minimum Gasteiger partial charge on any atom is -0.383 e. The molecule has 1 saturated heterocycles. The Morgan fingerprint density at radius 3 is 3.13 bits per heavy atom. The fourth-order valence-corrected chi connectivity index (χ4v) is 5.11. The highest BCUT2D eigenvalue weighted by atomic mass is 16.5. The Morgan fingerprint density at radius 2 is 2.27 bits per heavy atom. The van der Waals surface area contributed by atoms with E-state index in [1.807, 2.05) is 40.9 Å². The highest BCUT2D eigenvalue weighted by molar-refractivity contribution is 5.98. The van der Waals surface area contributed by atoms with Crippen LogP contribution >= 0.6 is 0 Å². The number of fused-ring (bicyclic) bond motifs is 3. The summed E-state index contributed by atoms with van der Waals surface area (Å²) in [6.45, 7) is 2.85. The van der Waals surface area contributed by atoms with Crippen LogP contribution in [0.25, 0.3) is 11.0 Å². The van der Waals surface area contributed by atoms with E-state index in [1.165, 1.54) is 11.3 Å². The van der Waals surface area contributed by atoms with Crippen molar-refractivity contribution in [2.75, 3.05) is 38.7 Å². The van der Waals surface area contributed by atoms with Gasteiger partial charge in [-0.1, -0.05) is 0 Å². The summed E-state index contributed by atoms with van der Waals surface area (Å²) in [6, 6.07) is 5.82. The smallest absolute Gasteiger partial charge is 0.253 e. The van der Waals surface area contributed by atoms with Crippen molar-refractivity contribution in [1.29, 1.82) is 0 Å². The van der Waals surface area contributed by atoms with Crippen molar-refractivity contribution >= 4 is 22.9 Å². The van der Waals surface area contributed by atoms with Crippen LogP contribution in [-0.2, 0) is 23.6 Å². The normalized spacial score (nSPS) is 20.8. The second kappa shape index (κ2) is 7.43. The number of aromatic amines is 1. The maximum atomic E-state index is 13.4. The van der Waals surface area contributed by atoms with Gasteiger partial charge in [0.15, 0.2) is 0 Å². The van der Waals surface area contributed by atoms with E-state index in [1.54, 1.807) is 7.11 Å². The lowest BCUT2D eigenvalue weighted by molar-refractivity contribution is 0.0633. The molecule has 1 spiro atoms. The highest BCUT2D eigenvalue weighted by Crippen LogP contribution is 2.44. The number of piperidine rings is 1. The molecule has 3 aromatic rings. The second-order valence-electron chi connectivity index (χ2n) is 8.50. The van der Waals surface area contributed by atoms with E-state index in [9.17, 15) is 4.79 Å². The molecule has 1 aromatic carbocycles. The Balaban J connectivity index is 1.38. The van der Waals surface area contributed by atoms with Gasteiger partial charge in [0.2, 0.25) is 5.95 Å². The summed E-state index contributed by atoms with van der Waals surface area (Å²) < 4.78 is 7.10. The number of hydrogen-bond donors (Lipinski definition) is 2. The number of carbonyl (C=O) groups excluding carboxylic acids is 1. The molecule has 1 fully saturated rings. The first-order chi connectivity index (χ1) is 14.6. The zero-order chi connectivity index (χ0) is 20.7. The number of imidazole rings is 1. The molecule has 1 aliphatic carbocycles. The average molecular weight is 409 g/mol. The highest BCUT2D eigenvalue weighted by Gasteiger charge is 2.44. The van der Waals surface area contributed by atoms with Gasteiger partial charge in [0.25, 0.3) is 5.91 Å². The third-order valence-electron chi connectivity index (χ3n) is 6.70. The summed E-state index contributed by atoms with van der Waals surface area (Å²) in [6.07, 6.45) is 6.21. The van der Waals surface area contributed by atoms with Gasteiger partial charge in [-0.05, 0) is 49.4 Å². The van der Waals surface area contributed by atoms with Crippen LogP contribution in [0.4, 0.5) is 5.95 Å². The monoisotopic (exact) mass is 408 g/mol. The van der Waals surface area contributed by atoms with Gasteiger partial charge >= 0.3 is 0 Å². The summed E-state index contributed by atoms with van der Waals surface area (Å²) >= 11 is 0. The van der Waals surface area contributed by atoms with Gasteiger partial charge < -0.3 is 19.5 Å². The Bertz CT molecular complexity index is 1090. The lowest BCUT2D eigenvalue weighted by atomic mass is 9.77. The van der Waals surface area contributed by atoms with Crippen molar-refractivity contribution in [3.8, 4) is 0 Å². The quantitative estimate of drug-likeness (QED) is 0.633. The Hall–Kier alpha value is -2.87. The maximum absolute atomic E-state index is 13.4. The standard InChI is InChI=1S/C22H28N6O2/c1-27-18-5-4-15(12-17(18)25-21(27)23-9-11-30-2)20(29)28-10-3-7-22(14-28)8-6-16-13-24-26-19(16)22/h4-5,12-13H,3,6-11,14H2,1-2H3,(H,23,25)(H,24,26). The van der Waals surface area contributed by atoms with Crippen LogP contribution in [-0.4, -0.2) is 63.9 Å². The molecule has 1 unspecified atom stereocenters. The summed E-state index contributed by atoms with van der Waals surface area (Å²) in [5, 5.41) is 10.7. The van der Waals surface area contributed by atoms with Crippen molar-refractivity contribution in [2.24, 2.45) is 7.05 Å². The molecule has 0 radical (unpaired) electrons. The number of benzene rings is 1.